The van der Waals surface area contributed by atoms with E-state index in [9.17, 15) is 9.59 Å². The molecule has 1 fully saturated rings. The van der Waals surface area contributed by atoms with Gasteiger partial charge in [0.25, 0.3) is 0 Å². The molecule has 1 aromatic carbocycles. The minimum atomic E-state index is -0.519. The quantitative estimate of drug-likeness (QED) is 0.869. The number of ketones is 1. The third kappa shape index (κ3) is 3.31. The van der Waals surface area contributed by atoms with Crippen LogP contribution in [0.5, 0.6) is 0 Å². The molecule has 1 aliphatic carbocycles. The van der Waals surface area contributed by atoms with Gasteiger partial charge in [-0.3, -0.25) is 4.79 Å². The van der Waals surface area contributed by atoms with Crippen LogP contribution in [0.2, 0.25) is 0 Å². The van der Waals surface area contributed by atoms with Gasteiger partial charge in [0.05, 0.1) is 6.04 Å². The zero-order chi connectivity index (χ0) is 12.1. The molecule has 1 amide bonds. The lowest BCUT2D eigenvalue weighted by molar-refractivity contribution is -0.119. The molecule has 0 saturated heterocycles. The minimum Gasteiger partial charge on any atom is -0.445 e. The van der Waals surface area contributed by atoms with Crippen molar-refractivity contribution >= 4 is 11.9 Å². The topological polar surface area (TPSA) is 55.4 Å². The van der Waals surface area contributed by atoms with E-state index in [0.717, 1.165) is 18.4 Å². The molecular formula is C13H15NO3. The van der Waals surface area contributed by atoms with Gasteiger partial charge in [0, 0.05) is 6.42 Å². The molecule has 1 unspecified atom stereocenters. The van der Waals surface area contributed by atoms with Crippen LogP contribution in [-0.2, 0) is 16.1 Å². The maximum absolute atomic E-state index is 11.4. The van der Waals surface area contributed by atoms with Gasteiger partial charge in [-0.1, -0.05) is 30.3 Å². The van der Waals surface area contributed by atoms with Gasteiger partial charge in [-0.15, -0.1) is 0 Å². The molecule has 4 nitrogen and oxygen atoms in total. The first-order valence-electron chi connectivity index (χ1n) is 5.75. The highest BCUT2D eigenvalue weighted by Gasteiger charge is 2.26. The van der Waals surface area contributed by atoms with Crippen LogP contribution in [0.4, 0.5) is 4.79 Å². The Hall–Kier alpha value is -1.84. The van der Waals surface area contributed by atoms with Crippen molar-refractivity contribution < 1.29 is 14.3 Å². The van der Waals surface area contributed by atoms with Crippen LogP contribution in [0.3, 0.4) is 0 Å². The predicted molar refractivity (Wildman–Crippen MR) is 62.4 cm³/mol. The van der Waals surface area contributed by atoms with E-state index < -0.39 is 6.09 Å². The fourth-order valence-electron chi connectivity index (χ4n) is 1.88. The van der Waals surface area contributed by atoms with Crippen molar-refractivity contribution in [3.05, 3.63) is 35.9 Å². The van der Waals surface area contributed by atoms with Crippen molar-refractivity contribution in [1.82, 2.24) is 5.32 Å². The molecule has 1 saturated carbocycles. The SMILES string of the molecule is O=C(NC1CCCC1=O)OCc1ccccc1. The van der Waals surface area contributed by atoms with Crippen LogP contribution in [-0.4, -0.2) is 17.9 Å². The van der Waals surface area contributed by atoms with Gasteiger partial charge in [0.15, 0.2) is 5.78 Å². The van der Waals surface area contributed by atoms with Gasteiger partial charge < -0.3 is 10.1 Å². The average molecular weight is 233 g/mol. The number of rotatable bonds is 3. The third-order valence-electron chi connectivity index (χ3n) is 2.81. The molecule has 0 aliphatic heterocycles. The minimum absolute atomic E-state index is 0.0988. The monoisotopic (exact) mass is 233 g/mol. The Labute approximate surface area is 100.0 Å². The van der Waals surface area contributed by atoms with Gasteiger partial charge in [-0.25, -0.2) is 4.79 Å². The number of carbonyl (C=O) groups excluding carboxylic acids is 2. The van der Waals surface area contributed by atoms with E-state index in [2.05, 4.69) is 5.32 Å². The number of hydrogen-bond acceptors (Lipinski definition) is 3. The number of nitrogens with one attached hydrogen (secondary N) is 1. The highest BCUT2D eigenvalue weighted by molar-refractivity contribution is 5.88. The Morgan fingerprint density at radius 2 is 2.12 bits per heavy atom. The molecule has 1 N–H and O–H groups in total. The highest BCUT2D eigenvalue weighted by Crippen LogP contribution is 2.14. The molecule has 90 valence electrons. The Bertz CT molecular complexity index is 402. The van der Waals surface area contributed by atoms with Gasteiger partial charge >= 0.3 is 6.09 Å². The molecule has 1 aromatic rings. The first kappa shape index (κ1) is 11.6. The zero-order valence-electron chi connectivity index (χ0n) is 9.52. The maximum Gasteiger partial charge on any atom is 0.408 e. The van der Waals surface area contributed by atoms with Crippen LogP contribution >= 0.6 is 0 Å². The predicted octanol–water partition coefficient (Wildman–Crippen LogP) is 2.03. The molecule has 0 radical (unpaired) electrons. The van der Waals surface area contributed by atoms with Crippen molar-refractivity contribution in [2.45, 2.75) is 31.9 Å². The summed E-state index contributed by atoms with van der Waals surface area (Å²) in [4.78, 5) is 22.7. The van der Waals surface area contributed by atoms with E-state index in [0.29, 0.717) is 6.42 Å². The Morgan fingerprint density at radius 3 is 2.76 bits per heavy atom. The van der Waals surface area contributed by atoms with Crippen LogP contribution in [0.15, 0.2) is 30.3 Å². The first-order chi connectivity index (χ1) is 8.25. The Kier molecular flexibility index (Phi) is 3.75. The van der Waals surface area contributed by atoms with E-state index in [1.165, 1.54) is 0 Å². The molecule has 2 rings (SSSR count). The summed E-state index contributed by atoms with van der Waals surface area (Å²) in [5.41, 5.74) is 0.931. The first-order valence-corrected chi connectivity index (χ1v) is 5.75. The summed E-state index contributed by atoms with van der Waals surface area (Å²) < 4.78 is 5.04. The molecular weight excluding hydrogens is 218 g/mol. The highest BCUT2D eigenvalue weighted by atomic mass is 16.5. The second-order valence-corrected chi connectivity index (χ2v) is 4.12. The van der Waals surface area contributed by atoms with Crippen LogP contribution in [0.1, 0.15) is 24.8 Å². The molecule has 0 spiro atoms. The summed E-state index contributed by atoms with van der Waals surface area (Å²) in [7, 11) is 0. The van der Waals surface area contributed by atoms with Crippen LogP contribution in [0.25, 0.3) is 0 Å². The lowest BCUT2D eigenvalue weighted by atomic mass is 10.2. The van der Waals surface area contributed by atoms with E-state index >= 15 is 0 Å². The molecule has 0 aromatic heterocycles. The molecule has 1 aliphatic rings. The molecule has 0 heterocycles. The molecule has 1 atom stereocenters. The van der Waals surface area contributed by atoms with Gasteiger partial charge in [-0.2, -0.15) is 0 Å². The fourth-order valence-corrected chi connectivity index (χ4v) is 1.88. The summed E-state index contributed by atoms with van der Waals surface area (Å²) in [5, 5.41) is 2.59. The molecule has 0 bridgehead atoms. The summed E-state index contributed by atoms with van der Waals surface area (Å²) in [6, 6.07) is 9.09. The third-order valence-corrected chi connectivity index (χ3v) is 2.81. The largest absolute Gasteiger partial charge is 0.445 e. The number of alkyl carbamates (subject to hydrolysis) is 1. The molecule has 17 heavy (non-hydrogen) atoms. The fraction of sp³-hybridized carbons (Fsp3) is 0.385. The van der Waals surface area contributed by atoms with Crippen LogP contribution in [0, 0.1) is 0 Å². The van der Waals surface area contributed by atoms with Crippen molar-refractivity contribution in [1.29, 1.82) is 0 Å². The lowest BCUT2D eigenvalue weighted by Crippen LogP contribution is -2.37. The average Bonchev–Trinajstić information content (AvgIpc) is 2.74. The van der Waals surface area contributed by atoms with E-state index in [1.807, 2.05) is 30.3 Å². The second-order valence-electron chi connectivity index (χ2n) is 4.12. The lowest BCUT2D eigenvalue weighted by Gasteiger charge is -2.11. The van der Waals surface area contributed by atoms with E-state index in [4.69, 9.17) is 4.74 Å². The second kappa shape index (κ2) is 5.48. The van der Waals surface area contributed by atoms with Crippen molar-refractivity contribution in [2.24, 2.45) is 0 Å². The summed E-state index contributed by atoms with van der Waals surface area (Å²) in [5.74, 6) is 0.0988. The maximum atomic E-state index is 11.4. The normalized spacial score (nSPS) is 19.1. The standard InChI is InChI=1S/C13H15NO3/c15-12-8-4-7-11(12)14-13(16)17-9-10-5-2-1-3-6-10/h1-3,5-6,11H,4,7-9H2,(H,14,16). The van der Waals surface area contributed by atoms with Crippen molar-refractivity contribution in [3.8, 4) is 0 Å². The number of amides is 1. The summed E-state index contributed by atoms with van der Waals surface area (Å²) >= 11 is 0. The number of ether oxygens (including phenoxy) is 1. The molecule has 4 heteroatoms. The number of hydrogen-bond donors (Lipinski definition) is 1. The van der Waals surface area contributed by atoms with Crippen LogP contribution < -0.4 is 5.32 Å². The number of carbonyl (C=O) groups is 2. The number of benzene rings is 1. The van der Waals surface area contributed by atoms with Gasteiger partial charge in [-0.05, 0) is 18.4 Å². The smallest absolute Gasteiger partial charge is 0.408 e. The van der Waals surface area contributed by atoms with Crippen molar-refractivity contribution in [2.75, 3.05) is 0 Å². The van der Waals surface area contributed by atoms with E-state index in [-0.39, 0.29) is 18.4 Å². The van der Waals surface area contributed by atoms with Gasteiger partial charge in [0.1, 0.15) is 6.61 Å². The van der Waals surface area contributed by atoms with E-state index in [1.54, 1.807) is 0 Å². The Morgan fingerprint density at radius 1 is 1.35 bits per heavy atom. The summed E-state index contributed by atoms with van der Waals surface area (Å²) in [6.07, 6.45) is 1.61. The number of Topliss-reactive ketones (excluding diaryl/α,β-unsaturated/α-hetero) is 1. The zero-order valence-corrected chi connectivity index (χ0v) is 9.52. The van der Waals surface area contributed by atoms with Crippen molar-refractivity contribution in [3.63, 3.8) is 0 Å². The van der Waals surface area contributed by atoms with Gasteiger partial charge in [0.2, 0.25) is 0 Å². The summed E-state index contributed by atoms with van der Waals surface area (Å²) in [6.45, 7) is 0.230. The Balaban J connectivity index is 1.76.